The van der Waals surface area contributed by atoms with E-state index in [1.807, 2.05) is 31.2 Å². The summed E-state index contributed by atoms with van der Waals surface area (Å²) in [5, 5.41) is 5.64. The fraction of sp³-hybridized carbons (Fsp3) is 0.188. The number of halogens is 1. The first kappa shape index (κ1) is 14.1. The molecule has 104 valence electrons. The zero-order valence-corrected chi connectivity index (χ0v) is 11.5. The Bertz CT molecular complexity index is 596. The van der Waals surface area contributed by atoms with Gasteiger partial charge in [0.25, 0.3) is 0 Å². The van der Waals surface area contributed by atoms with Gasteiger partial charge in [-0.05, 0) is 38.1 Å². The molecule has 0 heterocycles. The normalized spacial score (nSPS) is 11.8. The lowest BCUT2D eigenvalue weighted by Gasteiger charge is -2.15. The summed E-state index contributed by atoms with van der Waals surface area (Å²) < 4.78 is 13.4. The standard InChI is InChI=1S/C16H17FN2O/c1-11-7-9-13(10-8-11)18-12(2)16(20)19-15-6-4-3-5-14(15)17/h3-10,12,18H,1-2H3,(H,19,20)/t12-/m0/s1. The van der Waals surface area contributed by atoms with Crippen molar-refractivity contribution in [2.24, 2.45) is 0 Å². The van der Waals surface area contributed by atoms with Crippen LogP contribution in [0.3, 0.4) is 0 Å². The molecule has 2 rings (SSSR count). The van der Waals surface area contributed by atoms with Crippen LogP contribution < -0.4 is 10.6 Å². The van der Waals surface area contributed by atoms with E-state index in [1.165, 1.54) is 12.1 Å². The summed E-state index contributed by atoms with van der Waals surface area (Å²) in [6.07, 6.45) is 0. The van der Waals surface area contributed by atoms with Gasteiger partial charge in [0.1, 0.15) is 11.9 Å². The van der Waals surface area contributed by atoms with Crippen molar-refractivity contribution in [1.82, 2.24) is 0 Å². The molecule has 2 aromatic rings. The van der Waals surface area contributed by atoms with Gasteiger partial charge < -0.3 is 10.6 Å². The molecular weight excluding hydrogens is 255 g/mol. The Kier molecular flexibility index (Phi) is 4.35. The maximum Gasteiger partial charge on any atom is 0.246 e. The van der Waals surface area contributed by atoms with Gasteiger partial charge in [-0.2, -0.15) is 0 Å². The van der Waals surface area contributed by atoms with Gasteiger partial charge in [0.05, 0.1) is 5.69 Å². The minimum atomic E-state index is -0.461. The molecule has 0 radical (unpaired) electrons. The molecule has 20 heavy (non-hydrogen) atoms. The van der Waals surface area contributed by atoms with Crippen LogP contribution in [0.5, 0.6) is 0 Å². The van der Waals surface area contributed by atoms with Gasteiger partial charge in [-0.15, -0.1) is 0 Å². The zero-order valence-electron chi connectivity index (χ0n) is 11.5. The summed E-state index contributed by atoms with van der Waals surface area (Å²) in [6.45, 7) is 3.73. The van der Waals surface area contributed by atoms with Gasteiger partial charge in [0.15, 0.2) is 0 Å². The molecule has 4 heteroatoms. The summed E-state index contributed by atoms with van der Waals surface area (Å²) >= 11 is 0. The summed E-state index contributed by atoms with van der Waals surface area (Å²) in [6, 6.07) is 13.4. The molecular formula is C16H17FN2O. The lowest BCUT2D eigenvalue weighted by molar-refractivity contribution is -0.116. The summed E-state index contributed by atoms with van der Waals surface area (Å²) in [4.78, 5) is 12.0. The molecule has 0 saturated heterocycles. The number of para-hydroxylation sites is 1. The molecule has 1 atom stereocenters. The van der Waals surface area contributed by atoms with Crippen LogP contribution in [0.1, 0.15) is 12.5 Å². The third-order valence-corrected chi connectivity index (χ3v) is 2.96. The maximum absolute atomic E-state index is 13.4. The summed E-state index contributed by atoms with van der Waals surface area (Å²) in [7, 11) is 0. The highest BCUT2D eigenvalue weighted by atomic mass is 19.1. The number of aryl methyl sites for hydroxylation is 1. The number of amides is 1. The lowest BCUT2D eigenvalue weighted by Crippen LogP contribution is -2.32. The van der Waals surface area contributed by atoms with E-state index in [2.05, 4.69) is 10.6 Å². The van der Waals surface area contributed by atoms with Crippen molar-refractivity contribution in [2.75, 3.05) is 10.6 Å². The Hall–Kier alpha value is -2.36. The number of benzene rings is 2. The largest absolute Gasteiger partial charge is 0.374 e. The Morgan fingerprint density at radius 3 is 2.40 bits per heavy atom. The van der Waals surface area contributed by atoms with Crippen molar-refractivity contribution in [3.05, 3.63) is 59.9 Å². The Balaban J connectivity index is 1.99. The molecule has 0 spiro atoms. The first-order valence-corrected chi connectivity index (χ1v) is 6.45. The molecule has 0 aliphatic carbocycles. The number of hydrogen-bond donors (Lipinski definition) is 2. The second-order valence-electron chi connectivity index (χ2n) is 4.70. The first-order valence-electron chi connectivity index (χ1n) is 6.45. The van der Waals surface area contributed by atoms with Crippen LogP contribution in [0.4, 0.5) is 15.8 Å². The van der Waals surface area contributed by atoms with Gasteiger partial charge in [-0.1, -0.05) is 29.8 Å². The molecule has 0 unspecified atom stereocenters. The second-order valence-corrected chi connectivity index (χ2v) is 4.70. The third-order valence-electron chi connectivity index (χ3n) is 2.96. The highest BCUT2D eigenvalue weighted by Gasteiger charge is 2.14. The third kappa shape index (κ3) is 3.57. The monoisotopic (exact) mass is 272 g/mol. The molecule has 0 aliphatic rings. The number of hydrogen-bond acceptors (Lipinski definition) is 2. The van der Waals surface area contributed by atoms with Gasteiger partial charge in [-0.25, -0.2) is 4.39 Å². The van der Waals surface area contributed by atoms with Crippen LogP contribution in [0.15, 0.2) is 48.5 Å². The van der Waals surface area contributed by atoms with Crippen LogP contribution in [0.2, 0.25) is 0 Å². The van der Waals surface area contributed by atoms with E-state index in [1.54, 1.807) is 19.1 Å². The van der Waals surface area contributed by atoms with Crippen LogP contribution in [0.25, 0.3) is 0 Å². The van der Waals surface area contributed by atoms with Crippen LogP contribution in [-0.2, 0) is 4.79 Å². The summed E-state index contributed by atoms with van der Waals surface area (Å²) in [5.41, 5.74) is 2.20. The molecule has 0 fully saturated rings. The van der Waals surface area contributed by atoms with Gasteiger partial charge >= 0.3 is 0 Å². The van der Waals surface area contributed by atoms with E-state index in [0.717, 1.165) is 11.3 Å². The molecule has 0 saturated carbocycles. The van der Waals surface area contributed by atoms with Crippen LogP contribution in [0, 0.1) is 12.7 Å². The predicted molar refractivity (Wildman–Crippen MR) is 79.3 cm³/mol. The highest BCUT2D eigenvalue weighted by Crippen LogP contribution is 2.14. The average molecular weight is 272 g/mol. The van der Waals surface area contributed by atoms with Crippen molar-refractivity contribution >= 4 is 17.3 Å². The number of carbonyl (C=O) groups excluding carboxylic acids is 1. The van der Waals surface area contributed by atoms with Gasteiger partial charge in [-0.3, -0.25) is 4.79 Å². The Morgan fingerprint density at radius 2 is 1.75 bits per heavy atom. The van der Waals surface area contributed by atoms with Crippen molar-refractivity contribution in [2.45, 2.75) is 19.9 Å². The van der Waals surface area contributed by atoms with Crippen molar-refractivity contribution in [1.29, 1.82) is 0 Å². The maximum atomic E-state index is 13.4. The minimum Gasteiger partial charge on any atom is -0.374 e. The van der Waals surface area contributed by atoms with Crippen LogP contribution >= 0.6 is 0 Å². The lowest BCUT2D eigenvalue weighted by atomic mass is 10.2. The molecule has 1 amide bonds. The van der Waals surface area contributed by atoms with E-state index in [9.17, 15) is 9.18 Å². The molecule has 0 aromatic heterocycles. The van der Waals surface area contributed by atoms with Crippen molar-refractivity contribution in [3.8, 4) is 0 Å². The van der Waals surface area contributed by atoms with E-state index >= 15 is 0 Å². The van der Waals surface area contributed by atoms with Crippen molar-refractivity contribution in [3.63, 3.8) is 0 Å². The SMILES string of the molecule is Cc1ccc(N[C@@H](C)C(=O)Nc2ccccc2F)cc1. The van der Waals surface area contributed by atoms with Gasteiger partial charge in [0.2, 0.25) is 5.91 Å². The Morgan fingerprint density at radius 1 is 1.10 bits per heavy atom. The van der Waals surface area contributed by atoms with Crippen LogP contribution in [-0.4, -0.2) is 11.9 Å². The fourth-order valence-electron chi connectivity index (χ4n) is 1.77. The van der Waals surface area contributed by atoms with E-state index in [-0.39, 0.29) is 11.6 Å². The number of carbonyl (C=O) groups is 1. The number of anilines is 2. The predicted octanol–water partition coefficient (Wildman–Crippen LogP) is 3.57. The average Bonchev–Trinajstić information content (AvgIpc) is 2.44. The number of nitrogens with one attached hydrogen (secondary N) is 2. The highest BCUT2D eigenvalue weighted by molar-refractivity contribution is 5.96. The van der Waals surface area contributed by atoms with E-state index < -0.39 is 11.9 Å². The van der Waals surface area contributed by atoms with E-state index in [4.69, 9.17) is 0 Å². The molecule has 0 aliphatic heterocycles. The van der Waals surface area contributed by atoms with Crippen molar-refractivity contribution < 1.29 is 9.18 Å². The molecule has 0 bridgehead atoms. The molecule has 2 aromatic carbocycles. The molecule has 2 N–H and O–H groups in total. The zero-order chi connectivity index (χ0) is 14.5. The van der Waals surface area contributed by atoms with Gasteiger partial charge in [0, 0.05) is 5.69 Å². The topological polar surface area (TPSA) is 41.1 Å². The fourth-order valence-corrected chi connectivity index (χ4v) is 1.77. The molecule has 3 nitrogen and oxygen atoms in total. The second kappa shape index (κ2) is 6.19. The smallest absolute Gasteiger partial charge is 0.246 e. The quantitative estimate of drug-likeness (QED) is 0.893. The summed E-state index contributed by atoms with van der Waals surface area (Å²) in [5.74, 6) is -0.723. The minimum absolute atomic E-state index is 0.190. The first-order chi connectivity index (χ1) is 9.56. The van der Waals surface area contributed by atoms with E-state index in [0.29, 0.717) is 0 Å². The number of rotatable bonds is 4. The Labute approximate surface area is 117 Å².